The van der Waals surface area contributed by atoms with Gasteiger partial charge in [0.2, 0.25) is 0 Å². The number of aliphatic hydroxyl groups is 1. The zero-order valence-electron chi connectivity index (χ0n) is 14.4. The van der Waals surface area contributed by atoms with Crippen LogP contribution in [0.3, 0.4) is 0 Å². The van der Waals surface area contributed by atoms with Crippen LogP contribution in [-0.2, 0) is 9.47 Å². The summed E-state index contributed by atoms with van der Waals surface area (Å²) < 4.78 is 12.9. The molecule has 0 aromatic carbocycles. The number of hydrogen-bond donors (Lipinski definition) is 2. The molecule has 2 N–H and O–H groups in total. The third kappa shape index (κ3) is 4.55. The zero-order chi connectivity index (χ0) is 17.5. The van der Waals surface area contributed by atoms with Gasteiger partial charge in [-0.15, -0.1) is 0 Å². The van der Waals surface area contributed by atoms with Crippen molar-refractivity contribution < 1.29 is 14.6 Å². The number of rotatable bonds is 9. The average molecular weight is 340 g/mol. The lowest BCUT2D eigenvalue weighted by molar-refractivity contribution is -0.0714. The lowest BCUT2D eigenvalue weighted by Crippen LogP contribution is -2.39. The summed E-state index contributed by atoms with van der Waals surface area (Å²) in [5.74, 6) is 0. The Hall–Kier alpha value is -1.44. The van der Waals surface area contributed by atoms with E-state index in [1.807, 2.05) is 6.92 Å². The van der Waals surface area contributed by atoms with Crippen LogP contribution in [0, 0.1) is 0 Å². The SMILES string of the molecule is CCCCCCCOC1C(O)C(CC)OC1n1ccc(=O)[nH]c1=O. The summed E-state index contributed by atoms with van der Waals surface area (Å²) in [6.07, 6.45) is 5.02. The number of hydrogen-bond acceptors (Lipinski definition) is 5. The number of aromatic nitrogens is 2. The Morgan fingerprint density at radius 2 is 2.00 bits per heavy atom. The third-order valence-corrected chi connectivity index (χ3v) is 4.40. The molecule has 7 nitrogen and oxygen atoms in total. The van der Waals surface area contributed by atoms with Crippen molar-refractivity contribution in [2.45, 2.75) is 76.9 Å². The molecule has 0 saturated carbocycles. The molecule has 1 aliphatic heterocycles. The monoisotopic (exact) mass is 340 g/mol. The van der Waals surface area contributed by atoms with Gasteiger partial charge in [-0.25, -0.2) is 4.79 Å². The Balaban J connectivity index is 2.04. The smallest absolute Gasteiger partial charge is 0.330 e. The van der Waals surface area contributed by atoms with Crippen molar-refractivity contribution >= 4 is 0 Å². The van der Waals surface area contributed by atoms with Crippen LogP contribution in [0.2, 0.25) is 0 Å². The molecule has 1 aromatic heterocycles. The van der Waals surface area contributed by atoms with Crippen LogP contribution >= 0.6 is 0 Å². The first-order valence-corrected chi connectivity index (χ1v) is 8.85. The Morgan fingerprint density at radius 1 is 1.25 bits per heavy atom. The summed E-state index contributed by atoms with van der Waals surface area (Å²) in [6, 6.07) is 1.26. The molecule has 1 aliphatic rings. The molecule has 4 unspecified atom stereocenters. The van der Waals surface area contributed by atoms with E-state index in [0.29, 0.717) is 13.0 Å². The summed E-state index contributed by atoms with van der Waals surface area (Å²) >= 11 is 0. The largest absolute Gasteiger partial charge is 0.388 e. The molecular formula is C17H28N2O5. The lowest BCUT2D eigenvalue weighted by atomic mass is 10.1. The van der Waals surface area contributed by atoms with Gasteiger partial charge in [-0.1, -0.05) is 39.5 Å². The minimum atomic E-state index is -0.797. The first-order chi connectivity index (χ1) is 11.6. The van der Waals surface area contributed by atoms with Crippen LogP contribution in [0.5, 0.6) is 0 Å². The van der Waals surface area contributed by atoms with Crippen LogP contribution in [0.4, 0.5) is 0 Å². The van der Waals surface area contributed by atoms with E-state index in [2.05, 4.69) is 11.9 Å². The standard InChI is InChI=1S/C17H28N2O5/c1-3-5-6-7-8-11-23-15-14(21)12(4-2)24-16(15)19-10-9-13(20)18-17(19)22/h9-10,12,14-16,21H,3-8,11H2,1-2H3,(H,18,20,22). The van der Waals surface area contributed by atoms with Crippen molar-refractivity contribution in [2.24, 2.45) is 0 Å². The van der Waals surface area contributed by atoms with Crippen molar-refractivity contribution in [3.05, 3.63) is 33.1 Å². The van der Waals surface area contributed by atoms with Gasteiger partial charge in [-0.05, 0) is 12.8 Å². The van der Waals surface area contributed by atoms with Gasteiger partial charge in [0.1, 0.15) is 12.2 Å². The second-order valence-electron chi connectivity index (χ2n) is 6.23. The number of unbranched alkanes of at least 4 members (excludes halogenated alkanes) is 4. The molecule has 1 aromatic rings. The molecule has 2 rings (SSSR count). The normalized spacial score (nSPS) is 26.8. The average Bonchev–Trinajstić information content (AvgIpc) is 2.87. The van der Waals surface area contributed by atoms with Crippen LogP contribution in [0.25, 0.3) is 0 Å². The highest BCUT2D eigenvalue weighted by molar-refractivity contribution is 4.93. The van der Waals surface area contributed by atoms with E-state index in [9.17, 15) is 14.7 Å². The van der Waals surface area contributed by atoms with E-state index in [0.717, 1.165) is 12.8 Å². The minimum Gasteiger partial charge on any atom is -0.388 e. The van der Waals surface area contributed by atoms with E-state index < -0.39 is 29.7 Å². The van der Waals surface area contributed by atoms with Crippen molar-refractivity contribution in [1.29, 1.82) is 0 Å². The predicted octanol–water partition coefficient (Wildman–Crippen LogP) is 1.56. The maximum atomic E-state index is 12.0. The Morgan fingerprint density at radius 3 is 2.67 bits per heavy atom. The number of aliphatic hydroxyl groups excluding tert-OH is 1. The molecule has 136 valence electrons. The molecule has 7 heteroatoms. The summed E-state index contributed by atoms with van der Waals surface area (Å²) in [4.78, 5) is 25.5. The van der Waals surface area contributed by atoms with E-state index >= 15 is 0 Å². The van der Waals surface area contributed by atoms with Gasteiger partial charge in [0, 0.05) is 18.9 Å². The van der Waals surface area contributed by atoms with Crippen molar-refractivity contribution in [3.8, 4) is 0 Å². The van der Waals surface area contributed by atoms with Gasteiger partial charge in [0.15, 0.2) is 6.23 Å². The molecule has 0 spiro atoms. The van der Waals surface area contributed by atoms with Crippen molar-refractivity contribution in [1.82, 2.24) is 9.55 Å². The fourth-order valence-electron chi connectivity index (χ4n) is 3.01. The molecule has 1 saturated heterocycles. The number of nitrogens with one attached hydrogen (secondary N) is 1. The molecule has 24 heavy (non-hydrogen) atoms. The van der Waals surface area contributed by atoms with Gasteiger partial charge in [0.25, 0.3) is 5.56 Å². The highest BCUT2D eigenvalue weighted by atomic mass is 16.6. The van der Waals surface area contributed by atoms with Gasteiger partial charge in [-0.2, -0.15) is 0 Å². The first-order valence-electron chi connectivity index (χ1n) is 8.85. The Bertz CT molecular complexity index is 611. The minimum absolute atomic E-state index is 0.390. The van der Waals surface area contributed by atoms with Crippen LogP contribution in [-0.4, -0.2) is 39.6 Å². The van der Waals surface area contributed by atoms with Crippen molar-refractivity contribution in [2.75, 3.05) is 6.61 Å². The number of aromatic amines is 1. The second-order valence-corrected chi connectivity index (χ2v) is 6.23. The molecular weight excluding hydrogens is 312 g/mol. The molecule has 0 amide bonds. The Labute approximate surface area is 141 Å². The first kappa shape index (κ1) is 18.9. The number of nitrogens with zero attached hydrogens (tertiary/aromatic N) is 1. The predicted molar refractivity (Wildman–Crippen MR) is 90.0 cm³/mol. The van der Waals surface area contributed by atoms with Gasteiger partial charge < -0.3 is 14.6 Å². The van der Waals surface area contributed by atoms with Crippen molar-refractivity contribution in [3.63, 3.8) is 0 Å². The quantitative estimate of drug-likeness (QED) is 0.666. The van der Waals surface area contributed by atoms with Crippen LogP contribution < -0.4 is 11.2 Å². The molecule has 0 bridgehead atoms. The van der Waals surface area contributed by atoms with Crippen LogP contribution in [0.15, 0.2) is 21.9 Å². The highest BCUT2D eigenvalue weighted by Crippen LogP contribution is 2.32. The summed E-state index contributed by atoms with van der Waals surface area (Å²) in [6.45, 7) is 4.59. The molecule has 0 radical (unpaired) electrons. The molecule has 0 aliphatic carbocycles. The fourth-order valence-corrected chi connectivity index (χ4v) is 3.01. The summed E-state index contributed by atoms with van der Waals surface area (Å²) in [7, 11) is 0. The van der Waals surface area contributed by atoms with Crippen LogP contribution in [0.1, 0.15) is 58.6 Å². The maximum Gasteiger partial charge on any atom is 0.330 e. The maximum absolute atomic E-state index is 12.0. The van der Waals surface area contributed by atoms with Gasteiger partial charge in [-0.3, -0.25) is 14.3 Å². The zero-order valence-corrected chi connectivity index (χ0v) is 14.4. The molecule has 4 atom stereocenters. The summed E-state index contributed by atoms with van der Waals surface area (Å²) in [5, 5.41) is 10.4. The molecule has 2 heterocycles. The van der Waals surface area contributed by atoms with E-state index in [1.54, 1.807) is 0 Å². The number of ether oxygens (including phenoxy) is 2. The second kappa shape index (κ2) is 9.15. The van der Waals surface area contributed by atoms with Gasteiger partial charge in [0.05, 0.1) is 6.10 Å². The lowest BCUT2D eigenvalue weighted by Gasteiger charge is -2.22. The molecule has 1 fully saturated rings. The topological polar surface area (TPSA) is 93.5 Å². The number of H-pyrrole nitrogens is 1. The fraction of sp³-hybridized carbons (Fsp3) is 0.765. The highest BCUT2D eigenvalue weighted by Gasteiger charge is 2.44. The third-order valence-electron chi connectivity index (χ3n) is 4.40. The summed E-state index contributed by atoms with van der Waals surface area (Å²) in [5.41, 5.74) is -1.02. The van der Waals surface area contributed by atoms with Gasteiger partial charge >= 0.3 is 5.69 Å². The Kier molecular flexibility index (Phi) is 7.20. The van der Waals surface area contributed by atoms with E-state index in [4.69, 9.17) is 9.47 Å². The van der Waals surface area contributed by atoms with E-state index in [-0.39, 0.29) is 6.10 Å². The van der Waals surface area contributed by atoms with E-state index in [1.165, 1.54) is 36.1 Å².